The van der Waals surface area contributed by atoms with Gasteiger partial charge < -0.3 is 14.2 Å². The summed E-state index contributed by atoms with van der Waals surface area (Å²) >= 11 is 0. The normalized spacial score (nSPS) is 19.4. The highest BCUT2D eigenvalue weighted by atomic mass is 16.5. The van der Waals surface area contributed by atoms with Crippen molar-refractivity contribution in [2.75, 3.05) is 20.3 Å². The number of hydrogen-bond acceptors (Lipinski definition) is 3. The molecule has 0 spiro atoms. The van der Waals surface area contributed by atoms with Crippen LogP contribution in [0.2, 0.25) is 0 Å². The quantitative estimate of drug-likeness (QED) is 0.750. The first kappa shape index (κ1) is 13.1. The summed E-state index contributed by atoms with van der Waals surface area (Å²) in [6.07, 6.45) is 3.30. The van der Waals surface area contributed by atoms with Crippen LogP contribution in [0.15, 0.2) is 35.9 Å². The number of benzene rings is 1. The Hall–Kier alpha value is -1.32. The SMILES string of the molecule is COc1ccc(COC[C@H]2CC(C)=CCO2)cc1. The molecule has 0 aliphatic carbocycles. The van der Waals surface area contributed by atoms with Gasteiger partial charge in [0.2, 0.25) is 0 Å². The third kappa shape index (κ3) is 3.86. The predicted octanol–water partition coefficient (Wildman–Crippen LogP) is 2.95. The summed E-state index contributed by atoms with van der Waals surface area (Å²) in [4.78, 5) is 0. The lowest BCUT2D eigenvalue weighted by molar-refractivity contribution is -0.0164. The Kier molecular flexibility index (Phi) is 4.79. The van der Waals surface area contributed by atoms with Gasteiger partial charge in [0.1, 0.15) is 5.75 Å². The van der Waals surface area contributed by atoms with Gasteiger partial charge in [-0.1, -0.05) is 23.8 Å². The van der Waals surface area contributed by atoms with E-state index >= 15 is 0 Å². The molecule has 0 bridgehead atoms. The minimum Gasteiger partial charge on any atom is -0.497 e. The zero-order valence-corrected chi connectivity index (χ0v) is 11.0. The van der Waals surface area contributed by atoms with Crippen LogP contribution in [0.1, 0.15) is 18.9 Å². The molecule has 0 amide bonds. The lowest BCUT2D eigenvalue weighted by atomic mass is 10.1. The molecule has 1 aliphatic rings. The Morgan fingerprint density at radius 1 is 1.28 bits per heavy atom. The van der Waals surface area contributed by atoms with Crippen molar-refractivity contribution in [2.24, 2.45) is 0 Å². The highest BCUT2D eigenvalue weighted by Gasteiger charge is 2.13. The zero-order chi connectivity index (χ0) is 12.8. The molecule has 0 radical (unpaired) electrons. The van der Waals surface area contributed by atoms with Gasteiger partial charge >= 0.3 is 0 Å². The highest BCUT2D eigenvalue weighted by molar-refractivity contribution is 5.26. The van der Waals surface area contributed by atoms with E-state index in [2.05, 4.69) is 13.0 Å². The first-order valence-corrected chi connectivity index (χ1v) is 6.26. The molecule has 0 saturated heterocycles. The summed E-state index contributed by atoms with van der Waals surface area (Å²) in [5.41, 5.74) is 2.54. The molecule has 0 aromatic heterocycles. The van der Waals surface area contributed by atoms with Crippen molar-refractivity contribution < 1.29 is 14.2 Å². The van der Waals surface area contributed by atoms with Crippen molar-refractivity contribution in [3.63, 3.8) is 0 Å². The number of hydrogen-bond donors (Lipinski definition) is 0. The van der Waals surface area contributed by atoms with Gasteiger partial charge in [0.15, 0.2) is 0 Å². The fraction of sp³-hybridized carbons (Fsp3) is 0.467. The molecule has 0 fully saturated rings. The smallest absolute Gasteiger partial charge is 0.118 e. The summed E-state index contributed by atoms with van der Waals surface area (Å²) in [6.45, 7) is 4.12. The molecule has 0 N–H and O–H groups in total. The number of rotatable bonds is 5. The summed E-state index contributed by atoms with van der Waals surface area (Å²) in [5, 5.41) is 0. The fourth-order valence-electron chi connectivity index (χ4n) is 1.96. The van der Waals surface area contributed by atoms with E-state index < -0.39 is 0 Å². The van der Waals surface area contributed by atoms with E-state index in [9.17, 15) is 0 Å². The highest BCUT2D eigenvalue weighted by Crippen LogP contribution is 2.15. The largest absolute Gasteiger partial charge is 0.497 e. The standard InChI is InChI=1S/C15H20O3/c1-12-7-8-18-15(9-12)11-17-10-13-3-5-14(16-2)6-4-13/h3-7,15H,8-11H2,1-2H3/t15-/m1/s1. The molecular formula is C15H20O3. The lowest BCUT2D eigenvalue weighted by Crippen LogP contribution is -2.23. The molecule has 1 atom stereocenters. The van der Waals surface area contributed by atoms with Crippen molar-refractivity contribution in [1.82, 2.24) is 0 Å². The first-order valence-electron chi connectivity index (χ1n) is 6.26. The molecule has 0 unspecified atom stereocenters. The zero-order valence-electron chi connectivity index (χ0n) is 11.0. The molecule has 1 aliphatic heterocycles. The summed E-state index contributed by atoms with van der Waals surface area (Å²) < 4.78 is 16.4. The molecule has 3 heteroatoms. The van der Waals surface area contributed by atoms with Crippen LogP contribution in [0.5, 0.6) is 5.75 Å². The van der Waals surface area contributed by atoms with Gasteiger partial charge in [-0.25, -0.2) is 0 Å². The van der Waals surface area contributed by atoms with Crippen molar-refractivity contribution in [3.05, 3.63) is 41.5 Å². The van der Waals surface area contributed by atoms with Gasteiger partial charge in [0.25, 0.3) is 0 Å². The van der Waals surface area contributed by atoms with E-state index in [1.165, 1.54) is 5.57 Å². The Morgan fingerprint density at radius 2 is 2.06 bits per heavy atom. The van der Waals surface area contributed by atoms with Crippen LogP contribution in [-0.4, -0.2) is 26.4 Å². The van der Waals surface area contributed by atoms with Crippen LogP contribution in [-0.2, 0) is 16.1 Å². The summed E-state index contributed by atoms with van der Waals surface area (Å²) in [6, 6.07) is 7.93. The van der Waals surface area contributed by atoms with Crippen molar-refractivity contribution in [3.8, 4) is 5.75 Å². The van der Waals surface area contributed by atoms with E-state index in [0.717, 1.165) is 17.7 Å². The Bertz CT molecular complexity index is 395. The maximum Gasteiger partial charge on any atom is 0.118 e. The summed E-state index contributed by atoms with van der Waals surface area (Å²) in [7, 11) is 1.67. The topological polar surface area (TPSA) is 27.7 Å². The number of ether oxygens (including phenoxy) is 3. The molecule has 18 heavy (non-hydrogen) atoms. The minimum absolute atomic E-state index is 0.202. The Morgan fingerprint density at radius 3 is 2.72 bits per heavy atom. The van der Waals surface area contributed by atoms with Crippen LogP contribution in [0.3, 0.4) is 0 Å². The van der Waals surface area contributed by atoms with Crippen LogP contribution < -0.4 is 4.74 Å². The van der Waals surface area contributed by atoms with E-state index in [-0.39, 0.29) is 6.10 Å². The third-order valence-electron chi connectivity index (χ3n) is 3.04. The van der Waals surface area contributed by atoms with Crippen molar-refractivity contribution >= 4 is 0 Å². The second-order valence-corrected chi connectivity index (χ2v) is 4.57. The molecule has 1 aromatic carbocycles. The minimum atomic E-state index is 0.202. The van der Waals surface area contributed by atoms with E-state index in [1.807, 2.05) is 24.3 Å². The molecule has 1 aromatic rings. The lowest BCUT2D eigenvalue weighted by Gasteiger charge is -2.21. The first-order chi connectivity index (χ1) is 8.78. The van der Waals surface area contributed by atoms with Gasteiger partial charge in [-0.3, -0.25) is 0 Å². The second-order valence-electron chi connectivity index (χ2n) is 4.57. The van der Waals surface area contributed by atoms with Gasteiger partial charge in [-0.2, -0.15) is 0 Å². The van der Waals surface area contributed by atoms with Crippen LogP contribution in [0, 0.1) is 0 Å². The van der Waals surface area contributed by atoms with Gasteiger partial charge in [-0.15, -0.1) is 0 Å². The molecular weight excluding hydrogens is 228 g/mol. The molecule has 3 nitrogen and oxygen atoms in total. The average molecular weight is 248 g/mol. The third-order valence-corrected chi connectivity index (χ3v) is 3.04. The van der Waals surface area contributed by atoms with Crippen LogP contribution in [0.25, 0.3) is 0 Å². The van der Waals surface area contributed by atoms with Crippen LogP contribution >= 0.6 is 0 Å². The van der Waals surface area contributed by atoms with Crippen molar-refractivity contribution in [1.29, 1.82) is 0 Å². The fourth-order valence-corrected chi connectivity index (χ4v) is 1.96. The van der Waals surface area contributed by atoms with E-state index in [4.69, 9.17) is 14.2 Å². The van der Waals surface area contributed by atoms with Gasteiger partial charge in [0.05, 0.1) is 33.0 Å². The van der Waals surface area contributed by atoms with Crippen LogP contribution in [0.4, 0.5) is 0 Å². The van der Waals surface area contributed by atoms with Gasteiger partial charge in [0, 0.05) is 0 Å². The van der Waals surface area contributed by atoms with Crippen molar-refractivity contribution in [2.45, 2.75) is 26.1 Å². The monoisotopic (exact) mass is 248 g/mol. The maximum atomic E-state index is 5.69. The summed E-state index contributed by atoms with van der Waals surface area (Å²) in [5.74, 6) is 0.870. The molecule has 98 valence electrons. The Labute approximate surface area is 108 Å². The van der Waals surface area contributed by atoms with E-state index in [1.54, 1.807) is 7.11 Å². The Balaban J connectivity index is 1.73. The van der Waals surface area contributed by atoms with Gasteiger partial charge in [-0.05, 0) is 31.0 Å². The second kappa shape index (κ2) is 6.57. The maximum absolute atomic E-state index is 5.69. The molecule has 1 heterocycles. The average Bonchev–Trinajstić information content (AvgIpc) is 2.40. The molecule has 2 rings (SSSR count). The van der Waals surface area contributed by atoms with E-state index in [0.29, 0.717) is 19.8 Å². The molecule has 0 saturated carbocycles. The number of methoxy groups -OCH3 is 1. The predicted molar refractivity (Wildman–Crippen MR) is 70.8 cm³/mol.